The van der Waals surface area contributed by atoms with E-state index in [9.17, 15) is 9.59 Å². The standard InChI is InChI=1S/C23H26N8O2/c1-13(2)10-30-20-18(22(32)29(5)23(30)33)19(21-26-25-12-28(21)4)31(27-20)11-15-9-24-17-7-6-14(3)8-16(15)17/h6-9,12-13,24H,10-11H2,1-5H3. The zero-order valence-corrected chi connectivity index (χ0v) is 19.3. The summed E-state index contributed by atoms with van der Waals surface area (Å²) in [5.41, 5.74) is 3.35. The Hall–Kier alpha value is -3.95. The van der Waals surface area contributed by atoms with E-state index in [4.69, 9.17) is 5.10 Å². The van der Waals surface area contributed by atoms with Gasteiger partial charge in [0.05, 0.1) is 6.54 Å². The van der Waals surface area contributed by atoms with Crippen molar-refractivity contribution in [1.29, 1.82) is 0 Å². The monoisotopic (exact) mass is 446 g/mol. The third-order valence-electron chi connectivity index (χ3n) is 5.94. The maximum atomic E-state index is 13.3. The molecule has 0 unspecified atom stereocenters. The fourth-order valence-corrected chi connectivity index (χ4v) is 4.31. The average Bonchev–Trinajstić information content (AvgIpc) is 3.47. The summed E-state index contributed by atoms with van der Waals surface area (Å²) in [7, 11) is 3.32. The molecule has 0 amide bonds. The molecule has 33 heavy (non-hydrogen) atoms. The van der Waals surface area contributed by atoms with Gasteiger partial charge in [0.25, 0.3) is 5.56 Å². The molecule has 0 aliphatic rings. The predicted octanol–water partition coefficient (Wildman–Crippen LogP) is 2.19. The Kier molecular flexibility index (Phi) is 4.80. The van der Waals surface area contributed by atoms with Crippen LogP contribution in [0.3, 0.4) is 0 Å². The number of hydrogen-bond donors (Lipinski definition) is 1. The van der Waals surface area contributed by atoms with Crippen molar-refractivity contribution in [2.75, 3.05) is 0 Å². The molecular formula is C23H26N8O2. The van der Waals surface area contributed by atoms with Crippen LogP contribution in [0.1, 0.15) is 25.0 Å². The van der Waals surface area contributed by atoms with Gasteiger partial charge in [-0.05, 0) is 30.5 Å². The van der Waals surface area contributed by atoms with Crippen LogP contribution in [0, 0.1) is 12.8 Å². The Morgan fingerprint density at radius 1 is 1.15 bits per heavy atom. The van der Waals surface area contributed by atoms with Crippen LogP contribution in [-0.2, 0) is 27.2 Å². The molecule has 4 aromatic heterocycles. The molecule has 0 bridgehead atoms. The number of H-pyrrole nitrogens is 1. The van der Waals surface area contributed by atoms with Gasteiger partial charge in [0.15, 0.2) is 11.5 Å². The van der Waals surface area contributed by atoms with Gasteiger partial charge in [-0.1, -0.05) is 25.5 Å². The highest BCUT2D eigenvalue weighted by Gasteiger charge is 2.25. The zero-order chi connectivity index (χ0) is 23.4. The van der Waals surface area contributed by atoms with E-state index >= 15 is 0 Å². The molecular weight excluding hydrogens is 420 g/mol. The van der Waals surface area contributed by atoms with Gasteiger partial charge in [-0.2, -0.15) is 5.10 Å². The second kappa shape index (κ2) is 7.58. The Morgan fingerprint density at radius 3 is 2.64 bits per heavy atom. The number of rotatable bonds is 5. The molecule has 0 saturated heterocycles. The lowest BCUT2D eigenvalue weighted by atomic mass is 10.1. The molecule has 170 valence electrons. The van der Waals surface area contributed by atoms with Crippen molar-refractivity contribution in [1.82, 2.24) is 38.7 Å². The first-order valence-corrected chi connectivity index (χ1v) is 10.9. The minimum absolute atomic E-state index is 0.198. The SMILES string of the molecule is Cc1ccc2[nH]cc(Cn3nc4c(c3-c3nncn3C)c(=O)n(C)c(=O)n4CC(C)C)c2c1. The van der Waals surface area contributed by atoms with E-state index in [2.05, 4.69) is 34.2 Å². The summed E-state index contributed by atoms with van der Waals surface area (Å²) in [5.74, 6) is 0.712. The van der Waals surface area contributed by atoms with Gasteiger partial charge in [-0.25, -0.2) is 4.79 Å². The molecule has 0 saturated carbocycles. The highest BCUT2D eigenvalue weighted by molar-refractivity contribution is 5.89. The van der Waals surface area contributed by atoms with Gasteiger partial charge in [0, 0.05) is 37.7 Å². The second-order valence-corrected chi connectivity index (χ2v) is 8.98. The van der Waals surface area contributed by atoms with Gasteiger partial charge in [0.2, 0.25) is 0 Å². The average molecular weight is 447 g/mol. The summed E-state index contributed by atoms with van der Waals surface area (Å²) in [4.78, 5) is 29.6. The van der Waals surface area contributed by atoms with Crippen molar-refractivity contribution in [3.8, 4) is 11.5 Å². The molecule has 10 nitrogen and oxygen atoms in total. The Morgan fingerprint density at radius 2 is 1.94 bits per heavy atom. The normalized spacial score (nSPS) is 11.9. The molecule has 1 aromatic carbocycles. The molecule has 0 fully saturated rings. The molecule has 1 N–H and O–H groups in total. The quantitative estimate of drug-likeness (QED) is 0.445. The molecule has 0 aliphatic heterocycles. The Labute approximate surface area is 189 Å². The van der Waals surface area contributed by atoms with Crippen molar-refractivity contribution in [3.05, 3.63) is 62.7 Å². The van der Waals surface area contributed by atoms with Crippen LogP contribution >= 0.6 is 0 Å². The van der Waals surface area contributed by atoms with Crippen molar-refractivity contribution in [2.45, 2.75) is 33.9 Å². The van der Waals surface area contributed by atoms with E-state index in [1.165, 1.54) is 7.05 Å². The highest BCUT2D eigenvalue weighted by atomic mass is 16.2. The number of nitrogens with one attached hydrogen (secondary N) is 1. The molecule has 0 radical (unpaired) electrons. The summed E-state index contributed by atoms with van der Waals surface area (Å²) in [6.45, 7) is 6.96. The van der Waals surface area contributed by atoms with Crippen molar-refractivity contribution < 1.29 is 0 Å². The zero-order valence-electron chi connectivity index (χ0n) is 19.3. The smallest absolute Gasteiger partial charge is 0.332 e. The van der Waals surface area contributed by atoms with Crippen LogP contribution in [0.15, 0.2) is 40.3 Å². The summed E-state index contributed by atoms with van der Waals surface area (Å²) in [6.07, 6.45) is 3.54. The Balaban J connectivity index is 1.84. The third-order valence-corrected chi connectivity index (χ3v) is 5.94. The summed E-state index contributed by atoms with van der Waals surface area (Å²) >= 11 is 0. The summed E-state index contributed by atoms with van der Waals surface area (Å²) in [5, 5.41) is 14.5. The number of aromatic amines is 1. The first kappa shape index (κ1) is 20.9. The van der Waals surface area contributed by atoms with Gasteiger partial charge in [-0.3, -0.25) is 18.6 Å². The molecule has 0 aliphatic carbocycles. The number of benzene rings is 1. The fraction of sp³-hybridized carbons (Fsp3) is 0.348. The molecule has 5 rings (SSSR count). The first-order valence-electron chi connectivity index (χ1n) is 10.9. The number of fused-ring (bicyclic) bond motifs is 2. The third kappa shape index (κ3) is 3.29. The predicted molar refractivity (Wildman–Crippen MR) is 126 cm³/mol. The maximum Gasteiger partial charge on any atom is 0.332 e. The highest BCUT2D eigenvalue weighted by Crippen LogP contribution is 2.27. The van der Waals surface area contributed by atoms with Crippen LogP contribution in [0.25, 0.3) is 33.5 Å². The number of aryl methyl sites for hydroxylation is 2. The van der Waals surface area contributed by atoms with E-state index in [0.717, 1.165) is 26.6 Å². The van der Waals surface area contributed by atoms with Crippen molar-refractivity contribution >= 4 is 21.9 Å². The van der Waals surface area contributed by atoms with Crippen LogP contribution in [-0.4, -0.2) is 38.7 Å². The first-order chi connectivity index (χ1) is 15.8. The maximum absolute atomic E-state index is 13.3. The van der Waals surface area contributed by atoms with E-state index < -0.39 is 5.56 Å². The number of hydrogen-bond acceptors (Lipinski definition) is 5. The topological polar surface area (TPSA) is 108 Å². The van der Waals surface area contributed by atoms with Crippen molar-refractivity contribution in [2.24, 2.45) is 20.0 Å². The summed E-state index contributed by atoms with van der Waals surface area (Å²) < 4.78 is 6.24. The van der Waals surface area contributed by atoms with Crippen molar-refractivity contribution in [3.63, 3.8) is 0 Å². The van der Waals surface area contributed by atoms with E-state index in [-0.39, 0.29) is 11.6 Å². The van der Waals surface area contributed by atoms with E-state index in [1.807, 2.05) is 33.2 Å². The molecule has 5 aromatic rings. The lowest BCUT2D eigenvalue weighted by Gasteiger charge is -2.10. The van der Waals surface area contributed by atoms with Crippen LogP contribution in [0.5, 0.6) is 0 Å². The molecule has 0 atom stereocenters. The fourth-order valence-electron chi connectivity index (χ4n) is 4.31. The minimum atomic E-state index is -0.394. The number of aromatic nitrogens is 8. The van der Waals surface area contributed by atoms with Crippen LogP contribution in [0.2, 0.25) is 0 Å². The van der Waals surface area contributed by atoms with Crippen LogP contribution < -0.4 is 11.2 Å². The van der Waals surface area contributed by atoms with Gasteiger partial charge < -0.3 is 9.55 Å². The molecule has 4 heterocycles. The van der Waals surface area contributed by atoms with Gasteiger partial charge in [0.1, 0.15) is 17.4 Å². The Bertz CT molecular complexity index is 1630. The molecule has 10 heteroatoms. The lowest BCUT2D eigenvalue weighted by Crippen LogP contribution is -2.38. The summed E-state index contributed by atoms with van der Waals surface area (Å²) in [6, 6.07) is 6.23. The largest absolute Gasteiger partial charge is 0.361 e. The van der Waals surface area contributed by atoms with Gasteiger partial charge >= 0.3 is 5.69 Å². The minimum Gasteiger partial charge on any atom is -0.361 e. The van der Waals surface area contributed by atoms with Crippen LogP contribution in [0.4, 0.5) is 0 Å². The lowest BCUT2D eigenvalue weighted by molar-refractivity contribution is 0.498. The molecule has 0 spiro atoms. The van der Waals surface area contributed by atoms with Gasteiger partial charge in [-0.15, -0.1) is 10.2 Å². The van der Waals surface area contributed by atoms with E-state index in [1.54, 1.807) is 20.1 Å². The second-order valence-electron chi connectivity index (χ2n) is 8.98. The number of nitrogens with zero attached hydrogens (tertiary/aromatic N) is 7. The van der Waals surface area contributed by atoms with E-state index in [0.29, 0.717) is 35.6 Å².